The van der Waals surface area contributed by atoms with E-state index in [-0.39, 0.29) is 10.6 Å². The Kier molecular flexibility index (Phi) is 12.3. The number of nitrogens with zero attached hydrogens (tertiary/aromatic N) is 3. The van der Waals surface area contributed by atoms with Crippen LogP contribution in [0, 0.1) is 5.82 Å². The average molecular weight is 671 g/mol. The normalized spacial score (nSPS) is 14.6. The Labute approximate surface area is 278 Å². The third-order valence-corrected chi connectivity index (χ3v) is 8.70. The molecule has 1 aliphatic rings. The van der Waals surface area contributed by atoms with Gasteiger partial charge in [-0.05, 0) is 82.1 Å². The van der Waals surface area contributed by atoms with Gasteiger partial charge in [0, 0.05) is 35.5 Å². The number of hydrogen-bond donors (Lipinski definition) is 1. The molecule has 0 radical (unpaired) electrons. The fourth-order valence-corrected chi connectivity index (χ4v) is 6.33. The quantitative estimate of drug-likeness (QED) is 0.170. The fourth-order valence-electron chi connectivity index (χ4n) is 4.86. The first-order valence-corrected chi connectivity index (χ1v) is 16.1. The number of carbonyl (C=O) groups is 1. The summed E-state index contributed by atoms with van der Waals surface area (Å²) in [5.41, 5.74) is 2.06. The number of fused-ring (bicyclic) bond motifs is 1. The maximum absolute atomic E-state index is 14.2. The summed E-state index contributed by atoms with van der Waals surface area (Å²) >= 11 is 8.03. The van der Waals surface area contributed by atoms with Gasteiger partial charge in [0.05, 0.1) is 36.8 Å². The van der Waals surface area contributed by atoms with Crippen molar-refractivity contribution in [2.75, 3.05) is 39.3 Å². The molecule has 1 N–H and O–H groups in total. The van der Waals surface area contributed by atoms with Crippen LogP contribution in [0.25, 0.3) is 10.9 Å². The molecule has 0 amide bonds. The molecule has 46 heavy (non-hydrogen) atoms. The first-order valence-electron chi connectivity index (χ1n) is 14.8. The van der Waals surface area contributed by atoms with Crippen LogP contribution in [-0.2, 0) is 16.1 Å². The molecule has 0 bridgehead atoms. The molecule has 1 aromatic heterocycles. The van der Waals surface area contributed by atoms with Crippen molar-refractivity contribution in [3.05, 3.63) is 71.3 Å². The zero-order valence-electron chi connectivity index (χ0n) is 26.9. The van der Waals surface area contributed by atoms with Gasteiger partial charge in [-0.1, -0.05) is 17.7 Å². The highest BCUT2D eigenvalue weighted by molar-refractivity contribution is 8.00. The molecule has 5 rings (SSSR count). The maximum Gasteiger partial charge on any atom is 0.293 e. The number of methoxy groups -OCH3 is 3. The Morgan fingerprint density at radius 1 is 1.02 bits per heavy atom. The van der Waals surface area contributed by atoms with Crippen LogP contribution in [0.4, 0.5) is 15.9 Å². The smallest absolute Gasteiger partial charge is 0.293 e. The zero-order chi connectivity index (χ0) is 33.3. The molecule has 0 unspecified atom stereocenters. The summed E-state index contributed by atoms with van der Waals surface area (Å²) in [7, 11) is 4.88. The van der Waals surface area contributed by atoms with Gasteiger partial charge in [0.15, 0.2) is 11.5 Å². The number of halogens is 2. The minimum Gasteiger partial charge on any atom is -0.496 e. The lowest BCUT2D eigenvalue weighted by Crippen LogP contribution is -2.31. The molecule has 9 nitrogen and oxygen atoms in total. The van der Waals surface area contributed by atoms with Crippen molar-refractivity contribution < 1.29 is 28.1 Å². The summed E-state index contributed by atoms with van der Waals surface area (Å²) in [6.07, 6.45) is 3.81. The highest BCUT2D eigenvalue weighted by Crippen LogP contribution is 2.41. The maximum atomic E-state index is 14.2. The molecule has 246 valence electrons. The summed E-state index contributed by atoms with van der Waals surface area (Å²) in [4.78, 5) is 21.9. The highest BCUT2D eigenvalue weighted by Gasteiger charge is 2.22. The molecular weight excluding hydrogens is 631 g/mol. The summed E-state index contributed by atoms with van der Waals surface area (Å²) < 4.78 is 35.4. The number of benzene rings is 3. The number of aromatic nitrogens is 2. The van der Waals surface area contributed by atoms with Crippen molar-refractivity contribution in [2.24, 2.45) is 0 Å². The monoisotopic (exact) mass is 670 g/mol. The summed E-state index contributed by atoms with van der Waals surface area (Å²) in [6, 6.07) is 14.5. The Hall–Kier alpha value is -3.80. The highest BCUT2D eigenvalue weighted by atomic mass is 35.5. The van der Waals surface area contributed by atoms with Crippen LogP contribution in [0.15, 0.2) is 59.8 Å². The molecule has 0 saturated carbocycles. The molecule has 4 aromatic rings. The lowest BCUT2D eigenvalue weighted by Gasteiger charge is -2.27. The van der Waals surface area contributed by atoms with E-state index in [0.29, 0.717) is 41.3 Å². The lowest BCUT2D eigenvalue weighted by atomic mass is 10.1. The molecule has 0 aliphatic carbocycles. The van der Waals surface area contributed by atoms with Gasteiger partial charge < -0.3 is 29.2 Å². The van der Waals surface area contributed by atoms with Crippen LogP contribution in [0.1, 0.15) is 39.2 Å². The largest absolute Gasteiger partial charge is 0.496 e. The number of nitrogens with one attached hydrogen (secondary N) is 1. The number of ether oxygens (including phenoxy) is 4. The first kappa shape index (κ1) is 35.1. The topological polar surface area (TPSA) is 95.0 Å². The van der Waals surface area contributed by atoms with Crippen molar-refractivity contribution in [2.45, 2.75) is 55.9 Å². The molecule has 1 saturated heterocycles. The van der Waals surface area contributed by atoms with E-state index in [1.54, 1.807) is 45.2 Å². The van der Waals surface area contributed by atoms with Crippen LogP contribution < -0.4 is 24.4 Å². The van der Waals surface area contributed by atoms with Gasteiger partial charge in [0.25, 0.3) is 6.47 Å². The van der Waals surface area contributed by atoms with E-state index < -0.39 is 5.82 Å². The first-order chi connectivity index (χ1) is 22.1. The summed E-state index contributed by atoms with van der Waals surface area (Å²) in [5, 5.41) is 4.81. The van der Waals surface area contributed by atoms with E-state index in [1.165, 1.54) is 12.4 Å². The van der Waals surface area contributed by atoms with Crippen LogP contribution in [-0.4, -0.2) is 61.7 Å². The molecule has 0 spiro atoms. The average Bonchev–Trinajstić information content (AvgIpc) is 3.04. The van der Waals surface area contributed by atoms with Gasteiger partial charge in [0.2, 0.25) is 0 Å². The molecule has 1 fully saturated rings. The van der Waals surface area contributed by atoms with Crippen molar-refractivity contribution in [1.82, 2.24) is 15.3 Å². The fraction of sp³-hybridized carbons (Fsp3) is 0.382. The Morgan fingerprint density at radius 2 is 1.78 bits per heavy atom. The summed E-state index contributed by atoms with van der Waals surface area (Å²) in [5.74, 6) is 2.21. The van der Waals surface area contributed by atoms with Crippen LogP contribution in [0.5, 0.6) is 17.2 Å². The van der Waals surface area contributed by atoms with Crippen molar-refractivity contribution in [3.63, 3.8) is 0 Å². The number of hydrogen-bond acceptors (Lipinski definition) is 10. The van der Waals surface area contributed by atoms with Crippen molar-refractivity contribution >= 4 is 52.2 Å². The Morgan fingerprint density at radius 3 is 2.39 bits per heavy atom. The van der Waals surface area contributed by atoms with Gasteiger partial charge in [-0.2, -0.15) is 0 Å². The van der Waals surface area contributed by atoms with Gasteiger partial charge in [0.1, 0.15) is 29.3 Å². The Bertz CT molecular complexity index is 1630. The number of rotatable bonds is 10. The molecule has 1 atom stereocenters. The van der Waals surface area contributed by atoms with Crippen molar-refractivity contribution in [1.29, 1.82) is 0 Å². The van der Waals surface area contributed by atoms with E-state index in [9.17, 15) is 9.18 Å². The Balaban J connectivity index is 0.000000617. The number of thioether (sulfide) groups is 1. The third kappa shape index (κ3) is 9.14. The predicted octanol–water partition coefficient (Wildman–Crippen LogP) is 7.59. The minimum absolute atomic E-state index is 0.0332. The lowest BCUT2D eigenvalue weighted by molar-refractivity contribution is -0.138. The molecule has 12 heteroatoms. The molecule has 3 aromatic carbocycles. The van der Waals surface area contributed by atoms with Crippen LogP contribution in [0.3, 0.4) is 0 Å². The minimum atomic E-state index is -0.483. The van der Waals surface area contributed by atoms with E-state index in [4.69, 9.17) is 30.8 Å². The SMILES string of the molecule is CC(C)(C)OC=O.COc1ccc(CN(c2ccc(F)c(Cl)c2)c2ncnc3cc(OC)c(S[C@@H]4CCCNC4)cc23)cc1OC. The van der Waals surface area contributed by atoms with E-state index in [1.807, 2.05) is 49.9 Å². The second-order valence-electron chi connectivity index (χ2n) is 11.5. The third-order valence-electron chi connectivity index (χ3n) is 7.11. The standard InChI is InChI=1S/C29H30ClFN4O3S.C5H10O2/c1-36-25-9-6-18(11-26(25)37-2)16-35(19-7-8-23(31)22(30)12-19)29-21-13-28(39-20-5-4-10-32-15-20)27(38-3)14-24(21)33-17-34-29;1-5(2,3)7-4-6/h6-9,11-14,17,20,32H,4-5,10,15-16H2,1-3H3;4H,1-3H3/t20-;/m1./s1. The van der Waals surface area contributed by atoms with E-state index in [2.05, 4.69) is 21.1 Å². The second-order valence-corrected chi connectivity index (χ2v) is 13.3. The van der Waals surface area contributed by atoms with Gasteiger partial charge in [-0.15, -0.1) is 11.8 Å². The van der Waals surface area contributed by atoms with E-state index in [0.717, 1.165) is 53.0 Å². The zero-order valence-corrected chi connectivity index (χ0v) is 28.5. The molecule has 2 heterocycles. The number of piperidine rings is 1. The van der Waals surface area contributed by atoms with Crippen LogP contribution >= 0.6 is 23.4 Å². The van der Waals surface area contributed by atoms with Gasteiger partial charge >= 0.3 is 0 Å². The number of carbonyl (C=O) groups excluding carboxylic acids is 1. The second kappa shape index (κ2) is 16.2. The summed E-state index contributed by atoms with van der Waals surface area (Å²) in [6.45, 7) is 8.33. The van der Waals surface area contributed by atoms with Gasteiger partial charge in [-0.3, -0.25) is 4.79 Å². The molecule has 1 aliphatic heterocycles. The number of anilines is 2. The predicted molar refractivity (Wildman–Crippen MR) is 182 cm³/mol. The van der Waals surface area contributed by atoms with E-state index >= 15 is 0 Å². The van der Waals surface area contributed by atoms with Crippen LogP contribution in [0.2, 0.25) is 5.02 Å². The van der Waals surface area contributed by atoms with Gasteiger partial charge in [-0.25, -0.2) is 14.4 Å². The molecular formula is C34H40ClFN4O5S. The van der Waals surface area contributed by atoms with Crippen molar-refractivity contribution in [3.8, 4) is 17.2 Å².